The molecule has 2 aromatic heterocycles. The van der Waals surface area contributed by atoms with Crippen LogP contribution in [0.25, 0.3) is 21.9 Å². The Morgan fingerprint density at radius 3 is 2.75 bits per heavy atom. The predicted octanol–water partition coefficient (Wildman–Crippen LogP) is 1.43. The van der Waals surface area contributed by atoms with Crippen LogP contribution in [0.5, 0.6) is 0 Å². The number of hydrogen-bond donors (Lipinski definition) is 0. The van der Waals surface area contributed by atoms with Gasteiger partial charge in [-0.05, 0) is 6.07 Å². The number of aryl methyl sites for hydroxylation is 2. The molecule has 4 nitrogen and oxygen atoms in total. The lowest BCUT2D eigenvalue weighted by Crippen LogP contribution is -2.18. The van der Waals surface area contributed by atoms with Crippen molar-refractivity contribution in [3.63, 3.8) is 0 Å². The highest BCUT2D eigenvalue weighted by Gasteiger charge is 2.12. The van der Waals surface area contributed by atoms with E-state index in [0.717, 1.165) is 16.4 Å². The fourth-order valence-electron chi connectivity index (χ4n) is 2.11. The molecule has 4 heteroatoms. The third kappa shape index (κ3) is 0.984. The number of nitrogens with zero attached hydrogens (tertiary/aromatic N) is 3. The van der Waals surface area contributed by atoms with Gasteiger partial charge in [-0.2, -0.15) is 0 Å². The summed E-state index contributed by atoms with van der Waals surface area (Å²) >= 11 is 0. The number of aromatic nitrogens is 3. The first-order valence-corrected chi connectivity index (χ1v) is 5.09. The summed E-state index contributed by atoms with van der Waals surface area (Å²) in [4.78, 5) is 16.4. The third-order valence-electron chi connectivity index (χ3n) is 2.96. The zero-order valence-electron chi connectivity index (χ0n) is 9.14. The Kier molecular flexibility index (Phi) is 1.68. The summed E-state index contributed by atoms with van der Waals surface area (Å²) in [6.07, 6.45) is 1.57. The van der Waals surface area contributed by atoms with Gasteiger partial charge in [-0.15, -0.1) is 0 Å². The van der Waals surface area contributed by atoms with E-state index in [2.05, 4.69) is 4.98 Å². The molecular formula is C12H11N3O. The average molecular weight is 213 g/mol. The van der Waals surface area contributed by atoms with Gasteiger partial charge in [0, 0.05) is 19.5 Å². The number of rotatable bonds is 0. The first-order chi connectivity index (χ1) is 7.70. The Bertz CT molecular complexity index is 752. The highest BCUT2D eigenvalue weighted by atomic mass is 16.1. The highest BCUT2D eigenvalue weighted by molar-refractivity contribution is 6.05. The van der Waals surface area contributed by atoms with Crippen LogP contribution in [-0.4, -0.2) is 14.1 Å². The quantitative estimate of drug-likeness (QED) is 0.566. The van der Waals surface area contributed by atoms with Gasteiger partial charge in [-0.3, -0.25) is 4.79 Å². The molecule has 0 amide bonds. The average Bonchev–Trinajstić information content (AvgIpc) is 2.59. The van der Waals surface area contributed by atoms with Crippen molar-refractivity contribution in [3.05, 3.63) is 40.9 Å². The number of hydrogen-bond acceptors (Lipinski definition) is 2. The second-order valence-corrected chi connectivity index (χ2v) is 3.93. The summed E-state index contributed by atoms with van der Waals surface area (Å²) in [6.45, 7) is 0. The first kappa shape index (κ1) is 9.15. The van der Waals surface area contributed by atoms with Crippen LogP contribution in [-0.2, 0) is 14.1 Å². The van der Waals surface area contributed by atoms with Crippen LogP contribution in [0, 0.1) is 0 Å². The second-order valence-electron chi connectivity index (χ2n) is 3.93. The lowest BCUT2D eigenvalue weighted by atomic mass is 10.2. The number of fused-ring (bicyclic) bond motifs is 3. The summed E-state index contributed by atoms with van der Waals surface area (Å²) in [5, 5.41) is 1.03. The van der Waals surface area contributed by atoms with Gasteiger partial charge in [0.2, 0.25) is 0 Å². The SMILES string of the molecule is Cn1cnc2c3ccccc3n(C)c2c1=O. The van der Waals surface area contributed by atoms with Gasteiger partial charge in [-0.25, -0.2) is 4.98 Å². The maximum Gasteiger partial charge on any atom is 0.277 e. The molecule has 16 heavy (non-hydrogen) atoms. The van der Waals surface area contributed by atoms with Gasteiger partial charge < -0.3 is 9.13 Å². The highest BCUT2D eigenvalue weighted by Crippen LogP contribution is 2.23. The van der Waals surface area contributed by atoms with E-state index < -0.39 is 0 Å². The molecule has 0 radical (unpaired) electrons. The minimum atomic E-state index is -0.0105. The fourth-order valence-corrected chi connectivity index (χ4v) is 2.11. The monoisotopic (exact) mass is 213 g/mol. The van der Waals surface area contributed by atoms with E-state index in [1.165, 1.54) is 4.57 Å². The van der Waals surface area contributed by atoms with E-state index in [-0.39, 0.29) is 5.56 Å². The molecule has 3 aromatic rings. The van der Waals surface area contributed by atoms with E-state index >= 15 is 0 Å². The first-order valence-electron chi connectivity index (χ1n) is 5.09. The predicted molar refractivity (Wildman–Crippen MR) is 63.5 cm³/mol. The van der Waals surface area contributed by atoms with E-state index in [9.17, 15) is 4.79 Å². The van der Waals surface area contributed by atoms with Crippen LogP contribution >= 0.6 is 0 Å². The van der Waals surface area contributed by atoms with Gasteiger partial charge in [-0.1, -0.05) is 18.2 Å². The molecule has 0 N–H and O–H groups in total. The van der Waals surface area contributed by atoms with Crippen molar-refractivity contribution >= 4 is 21.9 Å². The standard InChI is InChI=1S/C12H11N3O/c1-14-7-13-10-8-5-3-4-6-9(8)15(2)11(10)12(14)16/h3-7H,1-2H3. The molecule has 0 saturated heterocycles. The lowest BCUT2D eigenvalue weighted by molar-refractivity contribution is 0.830. The van der Waals surface area contributed by atoms with Crippen LogP contribution in [0.15, 0.2) is 35.4 Å². The Hall–Kier alpha value is -2.10. The second kappa shape index (κ2) is 2.95. The van der Waals surface area contributed by atoms with Crippen molar-refractivity contribution in [2.24, 2.45) is 14.1 Å². The van der Waals surface area contributed by atoms with E-state index in [1.54, 1.807) is 13.4 Å². The van der Waals surface area contributed by atoms with Crippen LogP contribution in [0.3, 0.4) is 0 Å². The summed E-state index contributed by atoms with van der Waals surface area (Å²) in [6, 6.07) is 7.91. The molecule has 0 bridgehead atoms. The molecule has 0 unspecified atom stereocenters. The van der Waals surface area contributed by atoms with Crippen molar-refractivity contribution in [3.8, 4) is 0 Å². The largest absolute Gasteiger partial charge is 0.338 e. The maximum absolute atomic E-state index is 12.0. The van der Waals surface area contributed by atoms with Gasteiger partial charge in [0.1, 0.15) is 11.0 Å². The normalized spacial score (nSPS) is 11.4. The zero-order chi connectivity index (χ0) is 11.3. The Morgan fingerprint density at radius 2 is 1.94 bits per heavy atom. The van der Waals surface area contributed by atoms with Crippen molar-refractivity contribution in [2.45, 2.75) is 0 Å². The molecular weight excluding hydrogens is 202 g/mol. The molecule has 0 aliphatic heterocycles. The summed E-state index contributed by atoms with van der Waals surface area (Å²) in [5.41, 5.74) is 2.46. The van der Waals surface area contributed by atoms with Crippen LogP contribution in [0.4, 0.5) is 0 Å². The van der Waals surface area contributed by atoms with Crippen molar-refractivity contribution in [2.75, 3.05) is 0 Å². The Balaban J connectivity index is 2.73. The minimum Gasteiger partial charge on any atom is -0.338 e. The molecule has 0 saturated carbocycles. The van der Waals surface area contributed by atoms with Crippen molar-refractivity contribution < 1.29 is 0 Å². The van der Waals surface area contributed by atoms with E-state index in [4.69, 9.17) is 0 Å². The number of para-hydroxylation sites is 1. The van der Waals surface area contributed by atoms with E-state index in [1.807, 2.05) is 35.9 Å². The van der Waals surface area contributed by atoms with Crippen LogP contribution in [0.2, 0.25) is 0 Å². The fraction of sp³-hybridized carbons (Fsp3) is 0.167. The topological polar surface area (TPSA) is 39.8 Å². The maximum atomic E-state index is 12.0. The van der Waals surface area contributed by atoms with Gasteiger partial charge >= 0.3 is 0 Å². The smallest absolute Gasteiger partial charge is 0.277 e. The summed E-state index contributed by atoms with van der Waals surface area (Å²) in [5.74, 6) is 0. The number of benzene rings is 1. The van der Waals surface area contributed by atoms with Gasteiger partial charge in [0.15, 0.2) is 0 Å². The summed E-state index contributed by atoms with van der Waals surface area (Å²) in [7, 11) is 3.61. The molecule has 0 fully saturated rings. The van der Waals surface area contributed by atoms with Gasteiger partial charge in [0.25, 0.3) is 5.56 Å². The zero-order valence-corrected chi connectivity index (χ0v) is 9.14. The molecule has 2 heterocycles. The molecule has 3 rings (SSSR count). The molecule has 1 aromatic carbocycles. The minimum absolute atomic E-state index is 0.0105. The Labute approximate surface area is 91.8 Å². The van der Waals surface area contributed by atoms with E-state index in [0.29, 0.717) is 5.52 Å². The van der Waals surface area contributed by atoms with Gasteiger partial charge in [0.05, 0.1) is 11.8 Å². The molecule has 0 aliphatic rings. The summed E-state index contributed by atoms with van der Waals surface area (Å²) < 4.78 is 3.40. The Morgan fingerprint density at radius 1 is 1.19 bits per heavy atom. The van der Waals surface area contributed by atoms with Crippen LogP contribution in [0.1, 0.15) is 0 Å². The van der Waals surface area contributed by atoms with Crippen molar-refractivity contribution in [1.82, 2.24) is 14.1 Å². The molecule has 0 aliphatic carbocycles. The van der Waals surface area contributed by atoms with Crippen LogP contribution < -0.4 is 5.56 Å². The molecule has 0 atom stereocenters. The molecule has 0 spiro atoms. The lowest BCUT2D eigenvalue weighted by Gasteiger charge is -1.98. The molecule has 80 valence electrons. The van der Waals surface area contributed by atoms with Crippen molar-refractivity contribution in [1.29, 1.82) is 0 Å². The third-order valence-corrected chi connectivity index (χ3v) is 2.96.